The van der Waals surface area contributed by atoms with Crippen LogP contribution in [-0.4, -0.2) is 25.2 Å². The average molecular weight is 276 g/mol. The van der Waals surface area contributed by atoms with E-state index in [1.54, 1.807) is 24.3 Å². The third-order valence-electron chi connectivity index (χ3n) is 2.23. The second kappa shape index (κ2) is 7.10. The predicted octanol–water partition coefficient (Wildman–Crippen LogP) is 1.34. The maximum Gasteiger partial charge on any atom is 0.411 e. The van der Waals surface area contributed by atoms with E-state index in [0.717, 1.165) is 5.56 Å². The molecule has 4 nitrogen and oxygen atoms in total. The van der Waals surface area contributed by atoms with Crippen molar-refractivity contribution in [3.8, 4) is 0 Å². The van der Waals surface area contributed by atoms with Crippen LogP contribution in [0.15, 0.2) is 24.3 Å². The van der Waals surface area contributed by atoms with Gasteiger partial charge in [0.05, 0.1) is 13.2 Å². The number of hydrogen-bond acceptors (Lipinski definition) is 3. The van der Waals surface area contributed by atoms with E-state index in [2.05, 4.69) is 10.1 Å². The van der Waals surface area contributed by atoms with Crippen LogP contribution in [0.3, 0.4) is 0 Å². The first-order valence-electron chi connectivity index (χ1n) is 5.60. The van der Waals surface area contributed by atoms with Crippen molar-refractivity contribution in [2.75, 3.05) is 13.2 Å². The predicted molar refractivity (Wildman–Crippen MR) is 63.1 cm³/mol. The summed E-state index contributed by atoms with van der Waals surface area (Å²) in [6.07, 6.45) is -4.31. The van der Waals surface area contributed by atoms with Gasteiger partial charge in [0, 0.05) is 6.54 Å². The van der Waals surface area contributed by atoms with E-state index in [9.17, 15) is 18.0 Å². The zero-order valence-electron chi connectivity index (χ0n) is 10.2. The second-order valence-electron chi connectivity index (χ2n) is 3.91. The second-order valence-corrected chi connectivity index (χ2v) is 3.91. The monoisotopic (exact) mass is 276 g/mol. The Balaban J connectivity index is 2.37. The van der Waals surface area contributed by atoms with E-state index in [-0.39, 0.29) is 19.1 Å². The Bertz CT molecular complexity index is 404. The first kappa shape index (κ1) is 15.5. The molecule has 0 spiro atoms. The number of carbonyl (C=O) groups excluding carboxylic acids is 1. The summed E-state index contributed by atoms with van der Waals surface area (Å²) in [5.41, 5.74) is 6.60. The van der Waals surface area contributed by atoms with Crippen molar-refractivity contribution in [3.05, 3.63) is 35.4 Å². The van der Waals surface area contributed by atoms with E-state index in [1.165, 1.54) is 0 Å². The van der Waals surface area contributed by atoms with E-state index in [0.29, 0.717) is 12.1 Å². The summed E-state index contributed by atoms with van der Waals surface area (Å²) < 4.78 is 40.1. The topological polar surface area (TPSA) is 64.4 Å². The van der Waals surface area contributed by atoms with Crippen LogP contribution in [0.4, 0.5) is 13.2 Å². The van der Waals surface area contributed by atoms with Gasteiger partial charge in [0.15, 0.2) is 0 Å². The number of benzene rings is 1. The Morgan fingerprint density at radius 2 is 1.79 bits per heavy atom. The van der Waals surface area contributed by atoms with Crippen LogP contribution >= 0.6 is 0 Å². The molecule has 1 amide bonds. The van der Waals surface area contributed by atoms with Crippen molar-refractivity contribution >= 4 is 5.91 Å². The minimum absolute atomic E-state index is 0.0800. The molecular weight excluding hydrogens is 261 g/mol. The Morgan fingerprint density at radius 3 is 2.32 bits per heavy atom. The number of carbonyl (C=O) groups is 1. The number of alkyl halides is 3. The SMILES string of the molecule is NCC(=O)NCc1ccc(COCC(F)(F)F)cc1. The number of halogens is 3. The van der Waals surface area contributed by atoms with Crippen LogP contribution in [0.2, 0.25) is 0 Å². The Kier molecular flexibility index (Phi) is 5.78. The van der Waals surface area contributed by atoms with Gasteiger partial charge in [-0.1, -0.05) is 24.3 Å². The number of nitrogens with one attached hydrogen (secondary N) is 1. The van der Waals surface area contributed by atoms with Crippen LogP contribution in [0.25, 0.3) is 0 Å². The van der Waals surface area contributed by atoms with E-state index >= 15 is 0 Å². The van der Waals surface area contributed by atoms with Gasteiger partial charge in [-0.15, -0.1) is 0 Å². The highest BCUT2D eigenvalue weighted by Crippen LogP contribution is 2.15. The highest BCUT2D eigenvalue weighted by molar-refractivity contribution is 5.77. The quantitative estimate of drug-likeness (QED) is 0.824. The number of hydrogen-bond donors (Lipinski definition) is 2. The number of nitrogens with two attached hydrogens (primary N) is 1. The standard InChI is InChI=1S/C12H15F3N2O2/c13-12(14,15)8-19-7-10-3-1-9(2-4-10)6-17-11(18)5-16/h1-4H,5-8,16H2,(H,17,18). The molecule has 0 heterocycles. The summed E-state index contributed by atoms with van der Waals surface area (Å²) in [6.45, 7) is -1.11. The van der Waals surface area contributed by atoms with Crippen molar-refractivity contribution in [2.24, 2.45) is 5.73 Å². The maximum absolute atomic E-state index is 11.9. The van der Waals surface area contributed by atoms with Crippen LogP contribution in [0.1, 0.15) is 11.1 Å². The lowest BCUT2D eigenvalue weighted by atomic mass is 10.1. The molecule has 19 heavy (non-hydrogen) atoms. The first-order chi connectivity index (χ1) is 8.90. The van der Waals surface area contributed by atoms with Crippen molar-refractivity contribution < 1.29 is 22.7 Å². The Labute approximate surface area is 108 Å². The summed E-state index contributed by atoms with van der Waals surface area (Å²) in [4.78, 5) is 10.9. The highest BCUT2D eigenvalue weighted by atomic mass is 19.4. The fourth-order valence-electron chi connectivity index (χ4n) is 1.31. The van der Waals surface area contributed by atoms with Gasteiger partial charge in [0.1, 0.15) is 6.61 Å². The molecule has 0 fully saturated rings. The molecule has 0 saturated heterocycles. The van der Waals surface area contributed by atoms with E-state index < -0.39 is 12.8 Å². The van der Waals surface area contributed by atoms with Gasteiger partial charge < -0.3 is 15.8 Å². The van der Waals surface area contributed by atoms with Gasteiger partial charge in [-0.3, -0.25) is 4.79 Å². The van der Waals surface area contributed by atoms with E-state index in [1.807, 2.05) is 0 Å². The average Bonchev–Trinajstić information content (AvgIpc) is 2.36. The molecule has 0 atom stereocenters. The van der Waals surface area contributed by atoms with Crippen LogP contribution in [0, 0.1) is 0 Å². The van der Waals surface area contributed by atoms with Gasteiger partial charge in [-0.25, -0.2) is 0 Å². The number of ether oxygens (including phenoxy) is 1. The molecule has 0 saturated carbocycles. The molecule has 7 heteroatoms. The molecule has 0 aliphatic carbocycles. The third-order valence-corrected chi connectivity index (χ3v) is 2.23. The lowest BCUT2D eigenvalue weighted by molar-refractivity contribution is -0.176. The third kappa shape index (κ3) is 6.78. The molecule has 0 aromatic heterocycles. The molecule has 0 bridgehead atoms. The van der Waals surface area contributed by atoms with Gasteiger partial charge >= 0.3 is 6.18 Å². The van der Waals surface area contributed by atoms with Gasteiger partial charge in [-0.05, 0) is 11.1 Å². The lowest BCUT2D eigenvalue weighted by Gasteiger charge is -2.08. The molecule has 1 aromatic carbocycles. The normalized spacial score (nSPS) is 11.4. The molecule has 0 aliphatic heterocycles. The Hall–Kier alpha value is -1.60. The van der Waals surface area contributed by atoms with Crippen LogP contribution in [0.5, 0.6) is 0 Å². The minimum atomic E-state index is -4.31. The highest BCUT2D eigenvalue weighted by Gasteiger charge is 2.27. The number of amides is 1. The first-order valence-corrected chi connectivity index (χ1v) is 5.60. The summed E-state index contributed by atoms with van der Waals surface area (Å²) >= 11 is 0. The molecule has 3 N–H and O–H groups in total. The lowest BCUT2D eigenvalue weighted by Crippen LogP contribution is -2.29. The summed E-state index contributed by atoms with van der Waals surface area (Å²) in [6, 6.07) is 6.73. The van der Waals surface area contributed by atoms with Crippen molar-refractivity contribution in [1.29, 1.82) is 0 Å². The summed E-state index contributed by atoms with van der Waals surface area (Å²) in [5.74, 6) is -0.266. The molecular formula is C12H15F3N2O2. The zero-order valence-corrected chi connectivity index (χ0v) is 10.2. The molecule has 0 unspecified atom stereocenters. The molecule has 1 rings (SSSR count). The minimum Gasteiger partial charge on any atom is -0.367 e. The van der Waals surface area contributed by atoms with Gasteiger partial charge in [0.2, 0.25) is 5.91 Å². The fraction of sp³-hybridized carbons (Fsp3) is 0.417. The number of rotatable bonds is 6. The van der Waals surface area contributed by atoms with Crippen molar-refractivity contribution in [3.63, 3.8) is 0 Å². The summed E-state index contributed by atoms with van der Waals surface area (Å²) in [5, 5.41) is 2.59. The van der Waals surface area contributed by atoms with Gasteiger partial charge in [0.25, 0.3) is 0 Å². The molecule has 106 valence electrons. The molecule has 0 radical (unpaired) electrons. The van der Waals surface area contributed by atoms with Crippen LogP contribution < -0.4 is 11.1 Å². The van der Waals surface area contributed by atoms with E-state index in [4.69, 9.17) is 5.73 Å². The smallest absolute Gasteiger partial charge is 0.367 e. The molecule has 0 aliphatic rings. The molecule has 1 aromatic rings. The fourth-order valence-corrected chi connectivity index (χ4v) is 1.31. The largest absolute Gasteiger partial charge is 0.411 e. The summed E-state index contributed by atoms with van der Waals surface area (Å²) in [7, 11) is 0. The van der Waals surface area contributed by atoms with Crippen LogP contribution in [-0.2, 0) is 22.7 Å². The Morgan fingerprint density at radius 1 is 1.21 bits per heavy atom. The van der Waals surface area contributed by atoms with Crippen molar-refractivity contribution in [1.82, 2.24) is 5.32 Å². The van der Waals surface area contributed by atoms with Crippen molar-refractivity contribution in [2.45, 2.75) is 19.3 Å². The van der Waals surface area contributed by atoms with Gasteiger partial charge in [-0.2, -0.15) is 13.2 Å². The zero-order chi connectivity index (χ0) is 14.3. The maximum atomic E-state index is 11.9.